The van der Waals surface area contributed by atoms with Gasteiger partial charge in [0.05, 0.1) is 5.56 Å². The van der Waals surface area contributed by atoms with Crippen LogP contribution >= 0.6 is 0 Å². The van der Waals surface area contributed by atoms with Gasteiger partial charge in [-0.2, -0.15) is 13.2 Å². The summed E-state index contributed by atoms with van der Waals surface area (Å²) in [6.07, 6.45) is -8.63. The predicted octanol–water partition coefficient (Wildman–Crippen LogP) is 8.60. The Morgan fingerprint density at radius 1 is 0.865 bits per heavy atom. The molecule has 1 N–H and O–H groups in total. The van der Waals surface area contributed by atoms with E-state index in [-0.39, 0.29) is 24.0 Å². The molecule has 0 heterocycles. The van der Waals surface area contributed by atoms with Crippen molar-refractivity contribution in [3.63, 3.8) is 0 Å². The van der Waals surface area contributed by atoms with Crippen LogP contribution in [-0.2, 0) is 17.5 Å². The maximum Gasteiger partial charge on any atom is 0.573 e. The van der Waals surface area contributed by atoms with E-state index in [9.17, 15) is 31.1 Å². The van der Waals surface area contributed by atoms with Gasteiger partial charge in [-0.1, -0.05) is 44.2 Å². The summed E-state index contributed by atoms with van der Waals surface area (Å²) < 4.78 is 80.1. The van der Waals surface area contributed by atoms with Crippen LogP contribution in [0.2, 0.25) is 0 Å². The van der Waals surface area contributed by atoms with E-state index in [0.29, 0.717) is 28.8 Å². The number of anilines is 1. The van der Waals surface area contributed by atoms with Crippen LogP contribution in [0.25, 0.3) is 11.1 Å². The lowest BCUT2D eigenvalue weighted by Gasteiger charge is -2.20. The Kier molecular flexibility index (Phi) is 8.56. The summed E-state index contributed by atoms with van der Waals surface area (Å²) in [5.74, 6) is -0.517. The zero-order valence-corrected chi connectivity index (χ0v) is 20.5. The lowest BCUT2D eigenvalue weighted by atomic mass is 9.85. The first kappa shape index (κ1) is 28.1. The molecule has 0 saturated heterocycles. The number of carbonyl (C=O) groups excluding carboxylic acids is 1. The second-order valence-corrected chi connectivity index (χ2v) is 9.26. The van der Waals surface area contributed by atoms with Gasteiger partial charge in [-0.25, -0.2) is 0 Å². The molecule has 0 aromatic heterocycles. The number of ketones is 1. The van der Waals surface area contributed by atoms with Gasteiger partial charge in [0, 0.05) is 18.2 Å². The van der Waals surface area contributed by atoms with Crippen LogP contribution in [0.5, 0.6) is 5.75 Å². The molecule has 0 aliphatic rings. The lowest BCUT2D eigenvalue weighted by Crippen LogP contribution is -2.17. The Balaban J connectivity index is 1.92. The molecule has 0 fully saturated rings. The summed E-state index contributed by atoms with van der Waals surface area (Å²) in [7, 11) is 0. The van der Waals surface area contributed by atoms with Crippen LogP contribution in [0.15, 0.2) is 66.7 Å². The minimum absolute atomic E-state index is 0.0236. The molecule has 0 saturated carbocycles. The molecular weight excluding hydrogens is 496 g/mol. The zero-order valence-electron chi connectivity index (χ0n) is 20.5. The fraction of sp³-hybridized carbons (Fsp3) is 0.321. The van der Waals surface area contributed by atoms with Gasteiger partial charge in [-0.05, 0) is 77.9 Å². The monoisotopic (exact) mass is 523 g/mol. The number of Topliss-reactive ketones (excluding diaryl/α,β-unsaturated/α-hetero) is 1. The van der Waals surface area contributed by atoms with Crippen molar-refractivity contribution in [1.82, 2.24) is 0 Å². The van der Waals surface area contributed by atoms with Gasteiger partial charge in [0.15, 0.2) is 0 Å². The van der Waals surface area contributed by atoms with Gasteiger partial charge >= 0.3 is 12.5 Å². The van der Waals surface area contributed by atoms with Crippen molar-refractivity contribution in [2.75, 3.05) is 5.32 Å². The topological polar surface area (TPSA) is 38.3 Å². The number of hydrogen-bond acceptors (Lipinski definition) is 3. The number of alkyl halides is 6. The normalized spacial score (nSPS) is 12.9. The van der Waals surface area contributed by atoms with Crippen LogP contribution in [-0.4, -0.2) is 12.1 Å². The Labute approximate surface area is 211 Å². The van der Waals surface area contributed by atoms with Gasteiger partial charge in [0.25, 0.3) is 0 Å². The van der Waals surface area contributed by atoms with Crippen LogP contribution < -0.4 is 10.1 Å². The first-order valence-corrected chi connectivity index (χ1v) is 11.6. The summed E-state index contributed by atoms with van der Waals surface area (Å²) in [6, 6.07) is 15.6. The van der Waals surface area contributed by atoms with Crippen LogP contribution in [0.3, 0.4) is 0 Å². The van der Waals surface area contributed by atoms with E-state index < -0.39 is 24.0 Å². The highest BCUT2D eigenvalue weighted by atomic mass is 19.4. The molecule has 0 amide bonds. The molecular formula is C28H27F6NO2. The summed E-state index contributed by atoms with van der Waals surface area (Å²) in [4.78, 5) is 12.5. The van der Waals surface area contributed by atoms with E-state index >= 15 is 0 Å². The van der Waals surface area contributed by atoms with Gasteiger partial charge in [0.1, 0.15) is 11.5 Å². The molecule has 37 heavy (non-hydrogen) atoms. The SMILES string of the molecule is CC(=O)[C@H](CC(C)C)c1cc(NCc2ccc(OC(F)(F)F)cc2)cc(-c2ccc(C(F)(F)F)cc2)c1. The Morgan fingerprint density at radius 2 is 1.49 bits per heavy atom. The average molecular weight is 524 g/mol. The molecule has 0 radical (unpaired) electrons. The molecule has 0 spiro atoms. The minimum Gasteiger partial charge on any atom is -0.406 e. The highest BCUT2D eigenvalue weighted by molar-refractivity contribution is 5.84. The smallest absolute Gasteiger partial charge is 0.406 e. The third-order valence-electron chi connectivity index (χ3n) is 5.75. The summed E-state index contributed by atoms with van der Waals surface area (Å²) >= 11 is 0. The Hall–Kier alpha value is -3.49. The molecule has 3 nitrogen and oxygen atoms in total. The predicted molar refractivity (Wildman–Crippen MR) is 130 cm³/mol. The van der Waals surface area contributed by atoms with Crippen molar-refractivity contribution in [1.29, 1.82) is 0 Å². The average Bonchev–Trinajstić information content (AvgIpc) is 2.80. The van der Waals surface area contributed by atoms with E-state index in [1.54, 1.807) is 6.07 Å². The number of halogens is 6. The summed E-state index contributed by atoms with van der Waals surface area (Å²) in [5, 5.41) is 3.21. The van der Waals surface area contributed by atoms with Crippen molar-refractivity contribution in [2.45, 2.75) is 52.2 Å². The van der Waals surface area contributed by atoms with Gasteiger partial charge in [-0.15, -0.1) is 13.2 Å². The lowest BCUT2D eigenvalue weighted by molar-refractivity contribution is -0.274. The van der Waals surface area contributed by atoms with E-state index in [0.717, 1.165) is 17.7 Å². The molecule has 0 aliphatic heterocycles. The van der Waals surface area contributed by atoms with E-state index in [4.69, 9.17) is 0 Å². The van der Waals surface area contributed by atoms with Gasteiger partial charge in [0.2, 0.25) is 0 Å². The fourth-order valence-corrected chi connectivity index (χ4v) is 3.99. The zero-order chi connectivity index (χ0) is 27.4. The molecule has 3 aromatic rings. The second-order valence-electron chi connectivity index (χ2n) is 9.26. The third-order valence-corrected chi connectivity index (χ3v) is 5.75. The number of ether oxygens (including phenoxy) is 1. The number of benzene rings is 3. The highest BCUT2D eigenvalue weighted by Crippen LogP contribution is 2.35. The van der Waals surface area contributed by atoms with E-state index in [2.05, 4.69) is 10.1 Å². The first-order chi connectivity index (χ1) is 17.2. The third kappa shape index (κ3) is 8.27. The van der Waals surface area contributed by atoms with Crippen molar-refractivity contribution >= 4 is 11.5 Å². The molecule has 3 rings (SSSR count). The van der Waals surface area contributed by atoms with Crippen molar-refractivity contribution in [2.24, 2.45) is 5.92 Å². The first-order valence-electron chi connectivity index (χ1n) is 11.6. The maximum atomic E-state index is 13.0. The largest absolute Gasteiger partial charge is 0.573 e. The van der Waals surface area contributed by atoms with Gasteiger partial charge in [-0.3, -0.25) is 4.79 Å². The number of rotatable bonds is 9. The Bertz CT molecular complexity index is 1200. The molecule has 198 valence electrons. The standard InChI is InChI=1S/C28H27F6NO2/c1-17(2)12-26(18(3)36)22-13-21(20-6-8-23(9-7-20)27(29,30)31)14-24(15-22)35-16-19-4-10-25(11-5-19)37-28(32,33)34/h4-11,13-15,17,26,35H,12,16H2,1-3H3/t26-/m0/s1. The second kappa shape index (κ2) is 11.3. The van der Waals surface area contributed by atoms with E-state index in [1.165, 1.54) is 43.3 Å². The maximum absolute atomic E-state index is 13.0. The number of hydrogen-bond donors (Lipinski definition) is 1. The molecule has 0 bridgehead atoms. The molecule has 3 aromatic carbocycles. The van der Waals surface area contributed by atoms with Crippen LogP contribution in [0.1, 0.15) is 49.8 Å². The van der Waals surface area contributed by atoms with Crippen molar-refractivity contribution in [3.05, 3.63) is 83.4 Å². The minimum atomic E-state index is -4.78. The summed E-state index contributed by atoms with van der Waals surface area (Å²) in [5.41, 5.74) is 2.47. The van der Waals surface area contributed by atoms with Crippen LogP contribution in [0.4, 0.5) is 32.0 Å². The quantitative estimate of drug-likeness (QED) is 0.286. The fourth-order valence-electron chi connectivity index (χ4n) is 3.99. The highest BCUT2D eigenvalue weighted by Gasteiger charge is 2.31. The number of nitrogens with one attached hydrogen (secondary N) is 1. The van der Waals surface area contributed by atoms with Crippen molar-refractivity contribution < 1.29 is 35.9 Å². The van der Waals surface area contributed by atoms with Gasteiger partial charge < -0.3 is 10.1 Å². The van der Waals surface area contributed by atoms with Crippen molar-refractivity contribution in [3.8, 4) is 16.9 Å². The number of carbonyl (C=O) groups is 1. The Morgan fingerprint density at radius 3 is 2.00 bits per heavy atom. The molecule has 0 aliphatic carbocycles. The van der Waals surface area contributed by atoms with Crippen LogP contribution in [0, 0.1) is 5.92 Å². The molecule has 1 atom stereocenters. The molecule has 0 unspecified atom stereocenters. The van der Waals surface area contributed by atoms with E-state index in [1.807, 2.05) is 26.0 Å². The molecule has 9 heteroatoms. The summed E-state index contributed by atoms with van der Waals surface area (Å²) in [6.45, 7) is 5.77.